The third-order valence-electron chi connectivity index (χ3n) is 2.97. The standard InChI is InChI=1S/C10H19NO/c1-3-6-10(4-2)7-5-8-11(12)9-10/h3,12H,1,4-9H2,2H3/t10-/m1/s1. The molecule has 0 aliphatic carbocycles. The Morgan fingerprint density at radius 1 is 1.67 bits per heavy atom. The van der Waals surface area contributed by atoms with Crippen LogP contribution in [0.3, 0.4) is 0 Å². The zero-order chi connectivity index (χ0) is 9.03. The molecule has 0 bridgehead atoms. The van der Waals surface area contributed by atoms with Crippen LogP contribution in [0.25, 0.3) is 0 Å². The summed E-state index contributed by atoms with van der Waals surface area (Å²) in [6.45, 7) is 7.62. The van der Waals surface area contributed by atoms with Crippen molar-refractivity contribution in [3.05, 3.63) is 12.7 Å². The number of piperidine rings is 1. The summed E-state index contributed by atoms with van der Waals surface area (Å²) in [5.41, 5.74) is 0.300. The van der Waals surface area contributed by atoms with E-state index >= 15 is 0 Å². The monoisotopic (exact) mass is 169 g/mol. The van der Waals surface area contributed by atoms with Crippen LogP contribution in [0, 0.1) is 5.41 Å². The highest BCUT2D eigenvalue weighted by Crippen LogP contribution is 2.36. The highest BCUT2D eigenvalue weighted by molar-refractivity contribution is 4.89. The molecule has 1 fully saturated rings. The van der Waals surface area contributed by atoms with E-state index in [2.05, 4.69) is 13.5 Å². The molecule has 0 aromatic carbocycles. The largest absolute Gasteiger partial charge is 0.314 e. The van der Waals surface area contributed by atoms with Gasteiger partial charge in [-0.2, -0.15) is 5.06 Å². The van der Waals surface area contributed by atoms with Gasteiger partial charge in [-0.05, 0) is 31.1 Å². The molecule has 0 aromatic heterocycles. The molecule has 0 radical (unpaired) electrons. The van der Waals surface area contributed by atoms with Gasteiger partial charge in [-0.25, -0.2) is 0 Å². The topological polar surface area (TPSA) is 23.5 Å². The molecule has 0 unspecified atom stereocenters. The molecule has 0 aromatic rings. The number of nitrogens with zero attached hydrogens (tertiary/aromatic N) is 1. The summed E-state index contributed by atoms with van der Waals surface area (Å²) in [6.07, 6.45) is 6.48. The molecular formula is C10H19NO. The number of allylic oxidation sites excluding steroid dienone is 1. The molecule has 1 N–H and O–H groups in total. The lowest BCUT2D eigenvalue weighted by Crippen LogP contribution is -2.40. The summed E-state index contributed by atoms with van der Waals surface area (Å²) in [7, 11) is 0. The summed E-state index contributed by atoms with van der Waals surface area (Å²) in [6, 6.07) is 0. The second kappa shape index (κ2) is 4.06. The van der Waals surface area contributed by atoms with Gasteiger partial charge in [-0.3, -0.25) is 0 Å². The molecule has 2 heteroatoms. The van der Waals surface area contributed by atoms with Crippen LogP contribution >= 0.6 is 0 Å². The molecule has 12 heavy (non-hydrogen) atoms. The Morgan fingerprint density at radius 3 is 2.92 bits per heavy atom. The van der Waals surface area contributed by atoms with Gasteiger partial charge in [0.2, 0.25) is 0 Å². The molecule has 1 aliphatic heterocycles. The van der Waals surface area contributed by atoms with E-state index in [1.165, 1.54) is 11.5 Å². The Balaban J connectivity index is 2.57. The molecule has 2 nitrogen and oxygen atoms in total. The molecule has 1 heterocycles. The van der Waals surface area contributed by atoms with Crippen LogP contribution in [0.4, 0.5) is 0 Å². The quantitative estimate of drug-likeness (QED) is 0.656. The Morgan fingerprint density at radius 2 is 2.42 bits per heavy atom. The van der Waals surface area contributed by atoms with Crippen LogP contribution in [0.2, 0.25) is 0 Å². The van der Waals surface area contributed by atoms with E-state index in [0.717, 1.165) is 32.4 Å². The highest BCUT2D eigenvalue weighted by atomic mass is 16.5. The fourth-order valence-corrected chi connectivity index (χ4v) is 2.09. The molecular weight excluding hydrogens is 150 g/mol. The Bertz CT molecular complexity index is 158. The summed E-state index contributed by atoms with van der Waals surface area (Å²) >= 11 is 0. The van der Waals surface area contributed by atoms with Crippen LogP contribution in [0.5, 0.6) is 0 Å². The Hall–Kier alpha value is -0.340. The van der Waals surface area contributed by atoms with Crippen molar-refractivity contribution >= 4 is 0 Å². The van der Waals surface area contributed by atoms with Crippen LogP contribution in [-0.4, -0.2) is 23.4 Å². The van der Waals surface area contributed by atoms with Crippen molar-refractivity contribution in [2.24, 2.45) is 5.41 Å². The van der Waals surface area contributed by atoms with E-state index in [9.17, 15) is 5.21 Å². The minimum Gasteiger partial charge on any atom is -0.314 e. The predicted molar refractivity (Wildman–Crippen MR) is 50.1 cm³/mol. The van der Waals surface area contributed by atoms with Crippen molar-refractivity contribution in [3.8, 4) is 0 Å². The lowest BCUT2D eigenvalue weighted by Gasteiger charge is -2.39. The van der Waals surface area contributed by atoms with E-state index in [0.29, 0.717) is 5.41 Å². The Kier molecular flexibility index (Phi) is 3.29. The van der Waals surface area contributed by atoms with Crippen molar-refractivity contribution in [2.75, 3.05) is 13.1 Å². The van der Waals surface area contributed by atoms with Gasteiger partial charge in [-0.1, -0.05) is 13.0 Å². The summed E-state index contributed by atoms with van der Waals surface area (Å²) in [5.74, 6) is 0. The normalized spacial score (nSPS) is 31.8. The van der Waals surface area contributed by atoms with Crippen LogP contribution in [0.1, 0.15) is 32.6 Å². The molecule has 1 aliphatic rings. The van der Waals surface area contributed by atoms with Crippen LogP contribution in [-0.2, 0) is 0 Å². The highest BCUT2D eigenvalue weighted by Gasteiger charge is 2.31. The van der Waals surface area contributed by atoms with E-state index < -0.39 is 0 Å². The van der Waals surface area contributed by atoms with E-state index in [4.69, 9.17) is 0 Å². The van der Waals surface area contributed by atoms with Gasteiger partial charge < -0.3 is 5.21 Å². The fourth-order valence-electron chi connectivity index (χ4n) is 2.09. The molecule has 0 amide bonds. The SMILES string of the molecule is C=CC[C@]1(CC)CCCN(O)C1. The first-order valence-electron chi connectivity index (χ1n) is 4.77. The lowest BCUT2D eigenvalue weighted by molar-refractivity contribution is -0.139. The average Bonchev–Trinajstić information content (AvgIpc) is 2.05. The van der Waals surface area contributed by atoms with E-state index in [1.807, 2.05) is 6.08 Å². The van der Waals surface area contributed by atoms with Crippen molar-refractivity contribution in [1.29, 1.82) is 0 Å². The molecule has 0 spiro atoms. The molecule has 1 saturated heterocycles. The number of hydrogen-bond donors (Lipinski definition) is 1. The van der Waals surface area contributed by atoms with Crippen molar-refractivity contribution < 1.29 is 5.21 Å². The zero-order valence-electron chi connectivity index (χ0n) is 7.92. The molecule has 1 rings (SSSR count). The second-order valence-corrected chi connectivity index (χ2v) is 3.84. The van der Waals surface area contributed by atoms with E-state index in [-0.39, 0.29) is 0 Å². The summed E-state index contributed by atoms with van der Waals surface area (Å²) in [4.78, 5) is 0. The first kappa shape index (κ1) is 9.75. The summed E-state index contributed by atoms with van der Waals surface area (Å²) in [5, 5.41) is 10.9. The minimum absolute atomic E-state index is 0.300. The third-order valence-corrected chi connectivity index (χ3v) is 2.97. The minimum atomic E-state index is 0.300. The molecule has 1 atom stereocenters. The van der Waals surface area contributed by atoms with Crippen molar-refractivity contribution in [3.63, 3.8) is 0 Å². The fraction of sp³-hybridized carbons (Fsp3) is 0.800. The van der Waals surface area contributed by atoms with Gasteiger partial charge in [0, 0.05) is 13.1 Å². The predicted octanol–water partition coefficient (Wildman–Crippen LogP) is 2.44. The van der Waals surface area contributed by atoms with Gasteiger partial charge in [0.05, 0.1) is 0 Å². The van der Waals surface area contributed by atoms with Crippen molar-refractivity contribution in [2.45, 2.75) is 32.6 Å². The summed E-state index contributed by atoms with van der Waals surface area (Å²) < 4.78 is 0. The number of hydrogen-bond acceptors (Lipinski definition) is 2. The lowest BCUT2D eigenvalue weighted by atomic mass is 9.75. The van der Waals surface area contributed by atoms with Gasteiger partial charge in [0.1, 0.15) is 0 Å². The molecule has 0 saturated carbocycles. The third kappa shape index (κ3) is 2.08. The van der Waals surface area contributed by atoms with Gasteiger partial charge in [0.25, 0.3) is 0 Å². The van der Waals surface area contributed by atoms with Gasteiger partial charge in [-0.15, -0.1) is 6.58 Å². The Labute approximate surface area is 74.8 Å². The molecule has 70 valence electrons. The maximum Gasteiger partial charge on any atom is 0.0297 e. The first-order valence-corrected chi connectivity index (χ1v) is 4.77. The van der Waals surface area contributed by atoms with E-state index in [1.54, 1.807) is 0 Å². The van der Waals surface area contributed by atoms with Crippen molar-refractivity contribution in [1.82, 2.24) is 5.06 Å². The van der Waals surface area contributed by atoms with Crippen LogP contribution in [0.15, 0.2) is 12.7 Å². The average molecular weight is 169 g/mol. The number of rotatable bonds is 3. The maximum absolute atomic E-state index is 9.40. The second-order valence-electron chi connectivity index (χ2n) is 3.84. The maximum atomic E-state index is 9.40. The first-order chi connectivity index (χ1) is 5.72. The van der Waals surface area contributed by atoms with Gasteiger partial charge in [0.15, 0.2) is 0 Å². The van der Waals surface area contributed by atoms with Gasteiger partial charge >= 0.3 is 0 Å². The zero-order valence-corrected chi connectivity index (χ0v) is 7.92. The van der Waals surface area contributed by atoms with Crippen LogP contribution < -0.4 is 0 Å². The smallest absolute Gasteiger partial charge is 0.0297 e. The number of hydroxylamine groups is 2.